The van der Waals surface area contributed by atoms with E-state index < -0.39 is 0 Å². The van der Waals surface area contributed by atoms with E-state index in [1.165, 1.54) is 0 Å². The minimum Gasteiger partial charge on any atom is -0.338 e. The summed E-state index contributed by atoms with van der Waals surface area (Å²) in [4.78, 5) is 27.6. The zero-order chi connectivity index (χ0) is 22.7. The largest absolute Gasteiger partial charge is 0.338 e. The van der Waals surface area contributed by atoms with Gasteiger partial charge in [0.2, 0.25) is 11.8 Å². The summed E-state index contributed by atoms with van der Waals surface area (Å²) in [5.41, 5.74) is 1.32. The molecule has 1 aromatic rings. The number of amides is 2. The van der Waals surface area contributed by atoms with Gasteiger partial charge in [0.1, 0.15) is 0 Å². The second-order valence-corrected chi connectivity index (χ2v) is 11.0. The van der Waals surface area contributed by atoms with Crippen molar-refractivity contribution in [3.8, 4) is 6.07 Å². The molecule has 2 amide bonds. The molecule has 0 unspecified atom stereocenters. The lowest BCUT2D eigenvalue weighted by molar-refractivity contribution is -0.141. The summed E-state index contributed by atoms with van der Waals surface area (Å²) < 4.78 is 0. The van der Waals surface area contributed by atoms with Crippen molar-refractivity contribution < 1.29 is 9.59 Å². The summed E-state index contributed by atoms with van der Waals surface area (Å²) in [5, 5.41) is 12.3. The minimum absolute atomic E-state index is 0.0101. The van der Waals surface area contributed by atoms with Gasteiger partial charge in [-0.15, -0.1) is 0 Å². The number of benzene rings is 1. The Hall–Kier alpha value is -2.61. The molecule has 1 aliphatic heterocycles. The van der Waals surface area contributed by atoms with E-state index in [2.05, 4.69) is 31.3 Å². The summed E-state index contributed by atoms with van der Waals surface area (Å²) in [6.07, 6.45) is 10.4. The predicted molar refractivity (Wildman–Crippen MR) is 123 cm³/mol. The third kappa shape index (κ3) is 3.03. The van der Waals surface area contributed by atoms with Crippen LogP contribution in [0.3, 0.4) is 0 Å². The van der Waals surface area contributed by atoms with Gasteiger partial charge in [0.05, 0.1) is 11.6 Å². The van der Waals surface area contributed by atoms with E-state index in [1.807, 2.05) is 24.1 Å². The molecule has 3 fully saturated rings. The monoisotopic (exact) mass is 431 g/mol. The molecule has 5 heteroatoms. The Bertz CT molecular complexity index is 1030. The van der Waals surface area contributed by atoms with Crippen molar-refractivity contribution in [1.29, 1.82) is 5.26 Å². The highest BCUT2D eigenvalue weighted by Gasteiger charge is 2.61. The highest BCUT2D eigenvalue weighted by atomic mass is 16.2. The first-order valence-electron chi connectivity index (χ1n) is 12.0. The molecule has 0 aromatic heterocycles. The van der Waals surface area contributed by atoms with Gasteiger partial charge in [-0.2, -0.15) is 5.26 Å². The second kappa shape index (κ2) is 7.47. The third-order valence-electron chi connectivity index (χ3n) is 9.70. The average Bonchev–Trinajstić information content (AvgIpc) is 3.14. The first-order chi connectivity index (χ1) is 15.3. The maximum Gasteiger partial charge on any atom is 0.246 e. The molecule has 3 saturated carbocycles. The molecule has 5 nitrogen and oxygen atoms in total. The number of fused-ring (bicyclic) bond motifs is 5. The number of carbonyl (C=O) groups excluding carboxylic acids is 2. The van der Waals surface area contributed by atoms with Crippen LogP contribution in [0.5, 0.6) is 0 Å². The fourth-order valence-electron chi connectivity index (χ4n) is 8.06. The van der Waals surface area contributed by atoms with E-state index in [0.717, 1.165) is 38.5 Å². The summed E-state index contributed by atoms with van der Waals surface area (Å²) in [7, 11) is 1.96. The zero-order valence-electron chi connectivity index (χ0n) is 19.3. The summed E-state index contributed by atoms with van der Waals surface area (Å²) >= 11 is 0. The summed E-state index contributed by atoms with van der Waals surface area (Å²) in [6, 6.07) is 9.62. The number of carbonyl (C=O) groups is 2. The van der Waals surface area contributed by atoms with E-state index in [1.54, 1.807) is 18.2 Å². The lowest BCUT2D eigenvalue weighted by Gasteiger charge is -2.60. The molecule has 168 valence electrons. The van der Waals surface area contributed by atoms with Gasteiger partial charge in [-0.25, -0.2) is 0 Å². The maximum atomic E-state index is 13.4. The Morgan fingerprint density at radius 1 is 1.16 bits per heavy atom. The Morgan fingerprint density at radius 3 is 2.75 bits per heavy atom. The zero-order valence-corrected chi connectivity index (χ0v) is 19.3. The molecule has 5 rings (SSSR count). The number of rotatable bonds is 2. The predicted octanol–water partition coefficient (Wildman–Crippen LogP) is 4.75. The van der Waals surface area contributed by atoms with Crippen molar-refractivity contribution in [1.82, 2.24) is 4.90 Å². The number of likely N-dealkylation sites (N-methyl/N-ethyl adjacent to an activating group) is 1. The molecule has 0 radical (unpaired) electrons. The minimum atomic E-state index is 0.0101. The first-order valence-corrected chi connectivity index (χ1v) is 12.0. The van der Waals surface area contributed by atoms with Gasteiger partial charge in [0.25, 0.3) is 0 Å². The van der Waals surface area contributed by atoms with Crippen LogP contribution in [0, 0.1) is 45.8 Å². The van der Waals surface area contributed by atoms with Crippen molar-refractivity contribution >= 4 is 17.5 Å². The van der Waals surface area contributed by atoms with Crippen LogP contribution in [0.1, 0.15) is 57.9 Å². The number of anilines is 1. The molecule has 0 spiro atoms. The van der Waals surface area contributed by atoms with Crippen molar-refractivity contribution in [3.05, 3.63) is 42.0 Å². The number of nitrogens with one attached hydrogen (secondary N) is 1. The standard InChI is InChI=1S/C27H33N3O2/c1-26-13-11-21-19(7-10-23-27(21,2)14-12-24(31)30(23)3)20(26)8-9-22(26)25(32)29-18-6-4-5-17(15-18)16-28/h4-6,12,14-15,19-23H,7-11,13H2,1-3H3,(H,29,32)/t19-,20-,21-,22+,23+,26-,27+/m0/s1. The molecule has 32 heavy (non-hydrogen) atoms. The van der Waals surface area contributed by atoms with Crippen LogP contribution in [0.4, 0.5) is 5.69 Å². The number of hydrogen-bond acceptors (Lipinski definition) is 3. The molecule has 1 aromatic carbocycles. The highest BCUT2D eigenvalue weighted by molar-refractivity contribution is 5.93. The Labute approximate surface area is 190 Å². The first kappa shape index (κ1) is 21.2. The van der Waals surface area contributed by atoms with Crippen molar-refractivity contribution in [3.63, 3.8) is 0 Å². The van der Waals surface area contributed by atoms with Gasteiger partial charge in [0.15, 0.2) is 0 Å². The molecular weight excluding hydrogens is 398 g/mol. The summed E-state index contributed by atoms with van der Waals surface area (Å²) in [5.74, 6) is 1.98. The molecule has 3 aliphatic carbocycles. The van der Waals surface area contributed by atoms with E-state index in [9.17, 15) is 9.59 Å². The smallest absolute Gasteiger partial charge is 0.246 e. The van der Waals surface area contributed by atoms with Crippen molar-refractivity contribution in [2.75, 3.05) is 12.4 Å². The van der Waals surface area contributed by atoms with E-state index in [0.29, 0.717) is 35.0 Å². The topological polar surface area (TPSA) is 73.2 Å². The number of nitriles is 1. The molecule has 7 atom stereocenters. The maximum absolute atomic E-state index is 13.4. The summed E-state index contributed by atoms with van der Waals surface area (Å²) in [6.45, 7) is 4.70. The van der Waals surface area contributed by atoms with Crippen LogP contribution in [0.15, 0.2) is 36.4 Å². The third-order valence-corrected chi connectivity index (χ3v) is 9.70. The molecule has 0 saturated heterocycles. The fraction of sp³-hybridized carbons (Fsp3) is 0.593. The Balaban J connectivity index is 1.37. The van der Waals surface area contributed by atoms with Gasteiger partial charge < -0.3 is 10.2 Å². The van der Waals surface area contributed by atoms with Gasteiger partial charge in [-0.1, -0.05) is 26.0 Å². The van der Waals surface area contributed by atoms with Crippen molar-refractivity contribution in [2.24, 2.45) is 34.5 Å². The Kier molecular flexibility index (Phi) is 4.96. The lowest BCUT2D eigenvalue weighted by Crippen LogP contribution is -2.59. The molecule has 0 bridgehead atoms. The lowest BCUT2D eigenvalue weighted by atomic mass is 9.47. The molecule has 1 N–H and O–H groups in total. The molecular formula is C27H33N3O2. The van der Waals surface area contributed by atoms with Crippen LogP contribution in [-0.2, 0) is 9.59 Å². The van der Waals surface area contributed by atoms with Crippen LogP contribution in [0.2, 0.25) is 0 Å². The van der Waals surface area contributed by atoms with Crippen LogP contribution in [0.25, 0.3) is 0 Å². The van der Waals surface area contributed by atoms with Crippen molar-refractivity contribution in [2.45, 2.75) is 58.4 Å². The number of hydrogen-bond donors (Lipinski definition) is 1. The normalized spacial score (nSPS) is 40.1. The number of nitrogens with zero attached hydrogens (tertiary/aromatic N) is 2. The Morgan fingerprint density at radius 2 is 1.97 bits per heavy atom. The van der Waals surface area contributed by atoms with Crippen LogP contribution >= 0.6 is 0 Å². The van der Waals surface area contributed by atoms with Gasteiger partial charge in [-0.05, 0) is 86.0 Å². The molecule has 4 aliphatic rings. The van der Waals surface area contributed by atoms with Gasteiger partial charge >= 0.3 is 0 Å². The van der Waals surface area contributed by atoms with Crippen LogP contribution < -0.4 is 5.32 Å². The van der Waals surface area contributed by atoms with E-state index in [4.69, 9.17) is 5.26 Å². The van der Waals surface area contributed by atoms with Gasteiger partial charge in [-0.3, -0.25) is 9.59 Å². The van der Waals surface area contributed by atoms with E-state index in [-0.39, 0.29) is 28.6 Å². The highest BCUT2D eigenvalue weighted by Crippen LogP contribution is 2.65. The van der Waals surface area contributed by atoms with Gasteiger partial charge in [0, 0.05) is 30.1 Å². The van der Waals surface area contributed by atoms with E-state index >= 15 is 0 Å². The fourth-order valence-corrected chi connectivity index (χ4v) is 8.06. The molecule has 1 heterocycles. The SMILES string of the molecule is CN1C(=O)C=C[C@]2(C)[C@H]3CC[C@]4(C)[C@@H](C(=O)Nc5cccc(C#N)c5)CC[C@H]4[C@@H]3CC[C@@H]12. The second-order valence-electron chi connectivity index (χ2n) is 11.0. The quantitative estimate of drug-likeness (QED) is 0.734. The average molecular weight is 432 g/mol. The van der Waals surface area contributed by atoms with Crippen LogP contribution in [-0.4, -0.2) is 29.8 Å².